The summed E-state index contributed by atoms with van der Waals surface area (Å²) in [5.74, 6) is 1.16. The Labute approximate surface area is 102 Å². The van der Waals surface area contributed by atoms with Crippen molar-refractivity contribution in [1.82, 2.24) is 9.88 Å². The number of nitrogens with zero attached hydrogens (tertiary/aromatic N) is 2. The number of amides is 1. The number of hydrogen-bond acceptors (Lipinski definition) is 3. The van der Waals surface area contributed by atoms with E-state index in [1.54, 1.807) is 11.8 Å². The third-order valence-electron chi connectivity index (χ3n) is 2.63. The van der Waals surface area contributed by atoms with E-state index >= 15 is 0 Å². The fourth-order valence-corrected chi connectivity index (χ4v) is 1.70. The van der Waals surface area contributed by atoms with Crippen molar-refractivity contribution in [1.29, 1.82) is 0 Å². The summed E-state index contributed by atoms with van der Waals surface area (Å²) in [6, 6.07) is 0. The zero-order chi connectivity index (χ0) is 12.8. The van der Waals surface area contributed by atoms with Crippen LogP contribution in [0.2, 0.25) is 0 Å². The second-order valence-electron chi connectivity index (χ2n) is 3.81. The number of rotatable bonds is 6. The molecule has 0 spiro atoms. The van der Waals surface area contributed by atoms with E-state index in [4.69, 9.17) is 4.42 Å². The van der Waals surface area contributed by atoms with Crippen LogP contribution in [0, 0.1) is 6.92 Å². The summed E-state index contributed by atoms with van der Waals surface area (Å²) >= 11 is 0. The quantitative estimate of drug-likeness (QED) is 0.713. The fraction of sp³-hybridized carbons (Fsp3) is 0.538. The molecule has 17 heavy (non-hydrogen) atoms. The fourth-order valence-electron chi connectivity index (χ4n) is 1.70. The molecule has 0 radical (unpaired) electrons. The standard InChI is InChI=1S/C13H20N2O2/c1-5-8-9-11-12(14-10(4)17-11)13(16)15(6-2)7-3/h5H,1,6-9H2,2-4H3. The monoisotopic (exact) mass is 236 g/mol. The van der Waals surface area contributed by atoms with Crippen molar-refractivity contribution in [3.8, 4) is 0 Å². The number of aryl methyl sites for hydroxylation is 2. The van der Waals surface area contributed by atoms with Crippen molar-refractivity contribution in [2.75, 3.05) is 13.1 Å². The highest BCUT2D eigenvalue weighted by Crippen LogP contribution is 2.15. The highest BCUT2D eigenvalue weighted by molar-refractivity contribution is 5.93. The van der Waals surface area contributed by atoms with Gasteiger partial charge in [-0.2, -0.15) is 0 Å². The van der Waals surface area contributed by atoms with E-state index in [1.807, 2.05) is 19.9 Å². The van der Waals surface area contributed by atoms with Crippen molar-refractivity contribution in [3.63, 3.8) is 0 Å². The molecule has 0 saturated carbocycles. The highest BCUT2D eigenvalue weighted by atomic mass is 16.4. The van der Waals surface area contributed by atoms with Gasteiger partial charge in [-0.3, -0.25) is 4.79 Å². The van der Waals surface area contributed by atoms with Crippen LogP contribution in [-0.4, -0.2) is 28.9 Å². The molecule has 0 aliphatic rings. The number of oxazole rings is 1. The molecule has 0 atom stereocenters. The summed E-state index contributed by atoms with van der Waals surface area (Å²) < 4.78 is 5.47. The van der Waals surface area contributed by atoms with E-state index < -0.39 is 0 Å². The van der Waals surface area contributed by atoms with Gasteiger partial charge < -0.3 is 9.32 Å². The first-order valence-corrected chi connectivity index (χ1v) is 6.00. The van der Waals surface area contributed by atoms with Gasteiger partial charge in [0, 0.05) is 26.4 Å². The van der Waals surface area contributed by atoms with E-state index in [9.17, 15) is 4.79 Å². The third kappa shape index (κ3) is 3.19. The molecular formula is C13H20N2O2. The Morgan fingerprint density at radius 1 is 1.47 bits per heavy atom. The number of carbonyl (C=O) groups excluding carboxylic acids is 1. The maximum absolute atomic E-state index is 12.2. The molecule has 1 aromatic heterocycles. The average Bonchev–Trinajstić information content (AvgIpc) is 2.69. The van der Waals surface area contributed by atoms with Crippen molar-refractivity contribution >= 4 is 5.91 Å². The van der Waals surface area contributed by atoms with E-state index in [2.05, 4.69) is 11.6 Å². The van der Waals surface area contributed by atoms with Gasteiger partial charge in [0.2, 0.25) is 0 Å². The lowest BCUT2D eigenvalue weighted by atomic mass is 10.2. The van der Waals surface area contributed by atoms with Crippen LogP contribution in [0.3, 0.4) is 0 Å². The largest absolute Gasteiger partial charge is 0.445 e. The zero-order valence-electron chi connectivity index (χ0n) is 10.8. The molecular weight excluding hydrogens is 216 g/mol. The number of allylic oxidation sites excluding steroid dienone is 1. The van der Waals surface area contributed by atoms with Crippen LogP contribution >= 0.6 is 0 Å². The van der Waals surface area contributed by atoms with Gasteiger partial charge in [-0.1, -0.05) is 6.08 Å². The predicted octanol–water partition coefficient (Wildman–Crippen LogP) is 2.58. The Kier molecular flexibility index (Phi) is 4.94. The minimum absolute atomic E-state index is 0.0501. The Bertz CT molecular complexity index is 392. The van der Waals surface area contributed by atoms with E-state index in [0.29, 0.717) is 36.9 Å². The van der Waals surface area contributed by atoms with Gasteiger partial charge in [0.25, 0.3) is 5.91 Å². The van der Waals surface area contributed by atoms with Gasteiger partial charge in [0.1, 0.15) is 5.76 Å². The molecule has 1 heterocycles. The summed E-state index contributed by atoms with van der Waals surface area (Å²) in [5, 5.41) is 0. The summed E-state index contributed by atoms with van der Waals surface area (Å²) in [5.41, 5.74) is 0.452. The van der Waals surface area contributed by atoms with Gasteiger partial charge in [0.15, 0.2) is 11.6 Å². The molecule has 1 amide bonds. The molecule has 0 aromatic carbocycles. The lowest BCUT2D eigenvalue weighted by Crippen LogP contribution is -2.31. The third-order valence-corrected chi connectivity index (χ3v) is 2.63. The van der Waals surface area contributed by atoms with Crippen molar-refractivity contribution in [2.24, 2.45) is 0 Å². The Hall–Kier alpha value is -1.58. The van der Waals surface area contributed by atoms with Crippen LogP contribution in [0.25, 0.3) is 0 Å². The van der Waals surface area contributed by atoms with Crippen LogP contribution in [0.15, 0.2) is 17.1 Å². The lowest BCUT2D eigenvalue weighted by Gasteiger charge is -2.17. The smallest absolute Gasteiger partial charge is 0.276 e. The zero-order valence-corrected chi connectivity index (χ0v) is 10.8. The molecule has 4 nitrogen and oxygen atoms in total. The normalized spacial score (nSPS) is 10.3. The van der Waals surface area contributed by atoms with Gasteiger partial charge in [0.05, 0.1) is 0 Å². The average molecular weight is 236 g/mol. The molecule has 0 aliphatic carbocycles. The molecule has 0 bridgehead atoms. The van der Waals surface area contributed by atoms with Crippen LogP contribution in [0.5, 0.6) is 0 Å². The Morgan fingerprint density at radius 3 is 2.65 bits per heavy atom. The Morgan fingerprint density at radius 2 is 2.12 bits per heavy atom. The van der Waals surface area contributed by atoms with E-state index in [-0.39, 0.29) is 5.91 Å². The molecule has 4 heteroatoms. The van der Waals surface area contributed by atoms with Crippen LogP contribution in [-0.2, 0) is 6.42 Å². The molecule has 94 valence electrons. The molecule has 0 saturated heterocycles. The molecule has 1 rings (SSSR count). The van der Waals surface area contributed by atoms with Crippen LogP contribution < -0.4 is 0 Å². The highest BCUT2D eigenvalue weighted by Gasteiger charge is 2.21. The minimum Gasteiger partial charge on any atom is -0.445 e. The van der Waals surface area contributed by atoms with E-state index in [0.717, 1.165) is 6.42 Å². The SMILES string of the molecule is C=CCCc1oc(C)nc1C(=O)N(CC)CC. The summed E-state index contributed by atoms with van der Waals surface area (Å²) in [6.45, 7) is 10.7. The first-order valence-electron chi connectivity index (χ1n) is 6.00. The number of aromatic nitrogens is 1. The second kappa shape index (κ2) is 6.23. The molecule has 0 N–H and O–H groups in total. The molecule has 0 unspecified atom stereocenters. The van der Waals surface area contributed by atoms with Gasteiger partial charge in [-0.15, -0.1) is 6.58 Å². The summed E-state index contributed by atoms with van der Waals surface area (Å²) in [4.78, 5) is 18.1. The maximum atomic E-state index is 12.2. The van der Waals surface area contributed by atoms with Gasteiger partial charge >= 0.3 is 0 Å². The van der Waals surface area contributed by atoms with E-state index in [1.165, 1.54) is 0 Å². The molecule has 1 aromatic rings. The summed E-state index contributed by atoms with van der Waals surface area (Å²) in [6.07, 6.45) is 3.27. The van der Waals surface area contributed by atoms with Crippen molar-refractivity contribution in [3.05, 3.63) is 30.0 Å². The first-order chi connectivity index (χ1) is 8.13. The van der Waals surface area contributed by atoms with Crippen LogP contribution in [0.4, 0.5) is 0 Å². The molecule has 0 fully saturated rings. The second-order valence-corrected chi connectivity index (χ2v) is 3.81. The van der Waals surface area contributed by atoms with Crippen LogP contribution in [0.1, 0.15) is 42.4 Å². The minimum atomic E-state index is -0.0501. The predicted molar refractivity (Wildman–Crippen MR) is 67.0 cm³/mol. The number of hydrogen-bond donors (Lipinski definition) is 0. The van der Waals surface area contributed by atoms with Crippen molar-refractivity contribution < 1.29 is 9.21 Å². The van der Waals surface area contributed by atoms with Gasteiger partial charge in [-0.05, 0) is 20.3 Å². The topological polar surface area (TPSA) is 46.3 Å². The maximum Gasteiger partial charge on any atom is 0.276 e. The number of carbonyl (C=O) groups is 1. The summed E-state index contributed by atoms with van der Waals surface area (Å²) in [7, 11) is 0. The first kappa shape index (κ1) is 13.5. The molecule has 0 aliphatic heterocycles. The Balaban J connectivity index is 2.95. The lowest BCUT2D eigenvalue weighted by molar-refractivity contribution is 0.0765. The van der Waals surface area contributed by atoms with Crippen molar-refractivity contribution in [2.45, 2.75) is 33.6 Å². The van der Waals surface area contributed by atoms with Gasteiger partial charge in [-0.25, -0.2) is 4.98 Å².